The van der Waals surface area contributed by atoms with Gasteiger partial charge >= 0.3 is 5.97 Å². The standard InChI is InChI=1S/C21H17ClN4O3/c1-14-6-7-19-24-17(8-20(27)26(19)10-14)13-29-21(28)16-9-23-25(12-16)11-15-4-2-3-5-18(15)22/h2-10,12H,11,13H2,1H3. The number of halogens is 1. The summed E-state index contributed by atoms with van der Waals surface area (Å²) >= 11 is 6.16. The van der Waals surface area contributed by atoms with Gasteiger partial charge < -0.3 is 4.74 Å². The number of esters is 1. The van der Waals surface area contributed by atoms with Crippen LogP contribution in [0.1, 0.15) is 27.2 Å². The minimum absolute atomic E-state index is 0.103. The van der Waals surface area contributed by atoms with Crippen molar-refractivity contribution in [2.24, 2.45) is 0 Å². The molecule has 0 aliphatic heterocycles. The Labute approximate surface area is 171 Å². The number of carbonyl (C=O) groups is 1. The van der Waals surface area contributed by atoms with E-state index in [9.17, 15) is 9.59 Å². The predicted molar refractivity (Wildman–Crippen MR) is 108 cm³/mol. The third-order valence-corrected chi connectivity index (χ3v) is 4.74. The van der Waals surface area contributed by atoms with Crippen molar-refractivity contribution in [2.75, 3.05) is 0 Å². The van der Waals surface area contributed by atoms with E-state index in [1.165, 1.54) is 16.7 Å². The van der Waals surface area contributed by atoms with Crippen molar-refractivity contribution in [3.8, 4) is 0 Å². The second kappa shape index (κ2) is 7.89. The first-order valence-electron chi connectivity index (χ1n) is 8.91. The predicted octanol–water partition coefficient (Wildman–Crippen LogP) is 3.26. The van der Waals surface area contributed by atoms with Crippen LogP contribution in [-0.4, -0.2) is 25.1 Å². The fourth-order valence-corrected chi connectivity index (χ4v) is 3.11. The zero-order valence-corrected chi connectivity index (χ0v) is 16.3. The van der Waals surface area contributed by atoms with Crippen molar-refractivity contribution < 1.29 is 9.53 Å². The lowest BCUT2D eigenvalue weighted by Gasteiger charge is -2.06. The van der Waals surface area contributed by atoms with Gasteiger partial charge in [-0.15, -0.1) is 0 Å². The Bertz CT molecular complexity index is 1260. The number of nitrogens with zero attached hydrogens (tertiary/aromatic N) is 4. The summed E-state index contributed by atoms with van der Waals surface area (Å²) in [5.41, 5.74) is 2.82. The summed E-state index contributed by atoms with van der Waals surface area (Å²) in [6.45, 7) is 2.23. The molecule has 0 radical (unpaired) electrons. The van der Waals surface area contributed by atoms with Gasteiger partial charge in [-0.25, -0.2) is 9.78 Å². The Kier molecular flexibility index (Phi) is 5.14. The Morgan fingerprint density at radius 2 is 2.00 bits per heavy atom. The number of rotatable bonds is 5. The van der Waals surface area contributed by atoms with Crippen LogP contribution in [0.2, 0.25) is 5.02 Å². The van der Waals surface area contributed by atoms with Crippen LogP contribution < -0.4 is 5.56 Å². The molecule has 4 aromatic rings. The zero-order valence-electron chi connectivity index (χ0n) is 15.6. The van der Waals surface area contributed by atoms with Crippen molar-refractivity contribution in [1.29, 1.82) is 0 Å². The average Bonchev–Trinajstić information content (AvgIpc) is 3.17. The van der Waals surface area contributed by atoms with Crippen molar-refractivity contribution in [3.05, 3.63) is 98.8 Å². The number of fused-ring (bicyclic) bond motifs is 1. The molecule has 0 saturated heterocycles. The van der Waals surface area contributed by atoms with Crippen molar-refractivity contribution in [3.63, 3.8) is 0 Å². The number of benzene rings is 1. The molecular weight excluding hydrogens is 392 g/mol. The van der Waals surface area contributed by atoms with Crippen LogP contribution in [0.15, 0.2) is 65.8 Å². The summed E-state index contributed by atoms with van der Waals surface area (Å²) in [5, 5.41) is 4.82. The molecule has 146 valence electrons. The minimum Gasteiger partial charge on any atom is -0.455 e. The number of hydrogen-bond donors (Lipinski definition) is 0. The molecule has 7 nitrogen and oxygen atoms in total. The number of pyridine rings is 1. The molecule has 8 heteroatoms. The lowest BCUT2D eigenvalue weighted by Crippen LogP contribution is -2.16. The van der Waals surface area contributed by atoms with Crippen LogP contribution in [-0.2, 0) is 17.9 Å². The summed E-state index contributed by atoms with van der Waals surface area (Å²) < 4.78 is 8.37. The van der Waals surface area contributed by atoms with Gasteiger partial charge in [0.15, 0.2) is 0 Å². The third-order valence-electron chi connectivity index (χ3n) is 4.37. The molecule has 0 N–H and O–H groups in total. The molecule has 0 atom stereocenters. The molecule has 0 amide bonds. The van der Waals surface area contributed by atoms with E-state index in [0.717, 1.165) is 11.1 Å². The van der Waals surface area contributed by atoms with Gasteiger partial charge in [0.2, 0.25) is 0 Å². The van der Waals surface area contributed by atoms with Gasteiger partial charge in [-0.05, 0) is 30.2 Å². The molecule has 3 aromatic heterocycles. The quantitative estimate of drug-likeness (QED) is 0.473. The molecule has 0 spiro atoms. The van der Waals surface area contributed by atoms with Crippen LogP contribution in [0.3, 0.4) is 0 Å². The Morgan fingerprint density at radius 3 is 2.83 bits per heavy atom. The van der Waals surface area contributed by atoms with Gasteiger partial charge in [0.05, 0.1) is 24.0 Å². The second-order valence-corrected chi connectivity index (χ2v) is 7.02. The highest BCUT2D eigenvalue weighted by Gasteiger charge is 2.12. The van der Waals surface area contributed by atoms with Gasteiger partial charge in [-0.3, -0.25) is 13.9 Å². The van der Waals surface area contributed by atoms with Gasteiger partial charge in [-0.1, -0.05) is 35.9 Å². The van der Waals surface area contributed by atoms with E-state index in [0.29, 0.717) is 28.5 Å². The summed E-state index contributed by atoms with van der Waals surface area (Å²) in [7, 11) is 0. The molecule has 3 heterocycles. The lowest BCUT2D eigenvalue weighted by molar-refractivity contribution is 0.0467. The lowest BCUT2D eigenvalue weighted by atomic mass is 10.2. The van der Waals surface area contributed by atoms with Gasteiger partial charge in [0, 0.05) is 23.5 Å². The number of aryl methyl sites for hydroxylation is 1. The van der Waals surface area contributed by atoms with Crippen LogP contribution in [0.5, 0.6) is 0 Å². The molecule has 0 unspecified atom stereocenters. The maximum Gasteiger partial charge on any atom is 0.341 e. The zero-order chi connectivity index (χ0) is 20.4. The van der Waals surface area contributed by atoms with E-state index in [-0.39, 0.29) is 12.2 Å². The second-order valence-electron chi connectivity index (χ2n) is 6.61. The number of hydrogen-bond acceptors (Lipinski definition) is 5. The summed E-state index contributed by atoms with van der Waals surface area (Å²) in [6.07, 6.45) is 4.75. The van der Waals surface area contributed by atoms with Gasteiger partial charge in [0.25, 0.3) is 5.56 Å². The van der Waals surface area contributed by atoms with E-state index >= 15 is 0 Å². The van der Waals surface area contributed by atoms with Crippen LogP contribution >= 0.6 is 11.6 Å². The molecular formula is C21H17ClN4O3. The van der Waals surface area contributed by atoms with Crippen molar-refractivity contribution in [2.45, 2.75) is 20.1 Å². The highest BCUT2D eigenvalue weighted by atomic mass is 35.5. The summed E-state index contributed by atoms with van der Waals surface area (Å²) in [4.78, 5) is 28.9. The van der Waals surface area contributed by atoms with E-state index in [1.54, 1.807) is 29.2 Å². The first-order valence-corrected chi connectivity index (χ1v) is 9.29. The molecule has 1 aromatic carbocycles. The minimum atomic E-state index is -0.540. The fourth-order valence-electron chi connectivity index (χ4n) is 2.91. The monoisotopic (exact) mass is 408 g/mol. The Balaban J connectivity index is 1.44. The normalized spacial score (nSPS) is 11.0. The Morgan fingerprint density at radius 1 is 1.17 bits per heavy atom. The molecule has 0 saturated carbocycles. The van der Waals surface area contributed by atoms with E-state index in [4.69, 9.17) is 16.3 Å². The maximum atomic E-state index is 12.3. The van der Waals surface area contributed by atoms with Gasteiger partial charge in [-0.2, -0.15) is 5.10 Å². The maximum absolute atomic E-state index is 12.3. The number of carbonyl (C=O) groups excluding carboxylic acids is 1. The third kappa shape index (κ3) is 4.20. The Hall–Kier alpha value is -3.45. The molecule has 0 aliphatic carbocycles. The summed E-state index contributed by atoms with van der Waals surface area (Å²) in [6, 6.07) is 12.4. The first-order chi connectivity index (χ1) is 14.0. The van der Waals surface area contributed by atoms with Crippen LogP contribution in [0, 0.1) is 6.92 Å². The molecule has 0 fully saturated rings. The van der Waals surface area contributed by atoms with Crippen LogP contribution in [0.4, 0.5) is 0 Å². The molecule has 0 bridgehead atoms. The fraction of sp³-hybridized carbons (Fsp3) is 0.143. The van der Waals surface area contributed by atoms with E-state index in [1.807, 2.05) is 31.2 Å². The average molecular weight is 409 g/mol. The molecule has 4 rings (SSSR count). The smallest absolute Gasteiger partial charge is 0.341 e. The SMILES string of the molecule is Cc1ccc2nc(COC(=O)c3cnn(Cc4ccccc4Cl)c3)cc(=O)n2c1. The van der Waals surface area contributed by atoms with E-state index < -0.39 is 5.97 Å². The van der Waals surface area contributed by atoms with Crippen LogP contribution in [0.25, 0.3) is 5.65 Å². The topological polar surface area (TPSA) is 78.5 Å². The van der Waals surface area contributed by atoms with Crippen molar-refractivity contribution in [1.82, 2.24) is 19.2 Å². The molecule has 0 aliphatic rings. The van der Waals surface area contributed by atoms with Gasteiger partial charge in [0.1, 0.15) is 12.3 Å². The highest BCUT2D eigenvalue weighted by Crippen LogP contribution is 2.16. The number of aromatic nitrogens is 4. The summed E-state index contributed by atoms with van der Waals surface area (Å²) in [5.74, 6) is -0.540. The largest absolute Gasteiger partial charge is 0.455 e. The van der Waals surface area contributed by atoms with Crippen molar-refractivity contribution >= 4 is 23.2 Å². The first kappa shape index (κ1) is 18.9. The number of ether oxygens (including phenoxy) is 1. The molecule has 29 heavy (non-hydrogen) atoms. The highest BCUT2D eigenvalue weighted by molar-refractivity contribution is 6.31. The van der Waals surface area contributed by atoms with E-state index in [2.05, 4.69) is 10.1 Å².